The normalized spacial score (nSPS) is 17.4. The summed E-state index contributed by atoms with van der Waals surface area (Å²) >= 11 is 0. The summed E-state index contributed by atoms with van der Waals surface area (Å²) in [6, 6.07) is 10.9. The maximum absolute atomic E-state index is 13.2. The minimum Gasteiger partial charge on any atom is -0.507 e. The standard InChI is InChI=1S/C28H33NO7/c1-17(30)36-20-11-8-18(9-12-20)24-23(26(32)27(33)29(24)14-7-15-34-5)25(31)19-10-13-22(35-6)21(16-19)28(2,3)4/h8-13,16,24,31H,7,14-15H2,1-6H3/b25-23-. The fourth-order valence-corrected chi connectivity index (χ4v) is 4.32. The van der Waals surface area contributed by atoms with Crippen LogP contribution in [0.3, 0.4) is 0 Å². The Morgan fingerprint density at radius 3 is 2.28 bits per heavy atom. The molecular formula is C28H33NO7. The van der Waals surface area contributed by atoms with Gasteiger partial charge in [0.15, 0.2) is 0 Å². The number of Topliss-reactive ketones (excluding diaryl/α,β-unsaturated/α-hetero) is 1. The van der Waals surface area contributed by atoms with Crippen molar-refractivity contribution < 1.29 is 33.7 Å². The fourth-order valence-electron chi connectivity index (χ4n) is 4.32. The van der Waals surface area contributed by atoms with E-state index in [-0.39, 0.29) is 23.3 Å². The molecule has 1 aliphatic heterocycles. The van der Waals surface area contributed by atoms with Crippen LogP contribution in [0.1, 0.15) is 56.8 Å². The number of methoxy groups -OCH3 is 2. The Kier molecular flexibility index (Phi) is 8.20. The molecule has 0 spiro atoms. The van der Waals surface area contributed by atoms with Crippen molar-refractivity contribution in [2.75, 3.05) is 27.4 Å². The summed E-state index contributed by atoms with van der Waals surface area (Å²) in [7, 11) is 3.14. The lowest BCUT2D eigenvalue weighted by Gasteiger charge is -2.26. The molecule has 1 N–H and O–H groups in total. The maximum Gasteiger partial charge on any atom is 0.308 e. The van der Waals surface area contributed by atoms with Gasteiger partial charge in [0.05, 0.1) is 18.7 Å². The first-order valence-electron chi connectivity index (χ1n) is 11.7. The highest BCUT2D eigenvalue weighted by Crippen LogP contribution is 2.41. The molecule has 192 valence electrons. The number of carbonyl (C=O) groups is 3. The van der Waals surface area contributed by atoms with Crippen LogP contribution in [-0.2, 0) is 24.5 Å². The molecular weight excluding hydrogens is 462 g/mol. The van der Waals surface area contributed by atoms with Crippen LogP contribution in [0.15, 0.2) is 48.0 Å². The number of carbonyl (C=O) groups excluding carboxylic acids is 3. The summed E-state index contributed by atoms with van der Waals surface area (Å²) in [6.45, 7) is 8.05. The molecule has 36 heavy (non-hydrogen) atoms. The van der Waals surface area contributed by atoms with E-state index in [9.17, 15) is 19.5 Å². The maximum atomic E-state index is 13.2. The van der Waals surface area contributed by atoms with E-state index in [1.807, 2.05) is 20.8 Å². The van der Waals surface area contributed by atoms with Crippen LogP contribution in [0.4, 0.5) is 0 Å². The highest BCUT2D eigenvalue weighted by atomic mass is 16.5. The van der Waals surface area contributed by atoms with Crippen LogP contribution in [0.2, 0.25) is 0 Å². The van der Waals surface area contributed by atoms with Gasteiger partial charge in [-0.3, -0.25) is 14.4 Å². The number of hydrogen-bond donors (Lipinski definition) is 1. The number of esters is 1. The van der Waals surface area contributed by atoms with Gasteiger partial charge in [0.25, 0.3) is 11.7 Å². The van der Waals surface area contributed by atoms with Gasteiger partial charge in [-0.05, 0) is 47.7 Å². The third-order valence-corrected chi connectivity index (χ3v) is 6.03. The van der Waals surface area contributed by atoms with Crippen molar-refractivity contribution in [3.8, 4) is 11.5 Å². The van der Waals surface area contributed by atoms with Gasteiger partial charge in [-0.15, -0.1) is 0 Å². The van der Waals surface area contributed by atoms with Crippen LogP contribution in [-0.4, -0.2) is 55.0 Å². The number of amides is 1. The SMILES string of the molecule is COCCCN1C(=O)C(=O)/C(=C(\O)c2ccc(OC)c(C(C)(C)C)c2)C1c1ccc(OC(C)=O)cc1. The van der Waals surface area contributed by atoms with Gasteiger partial charge in [0, 0.05) is 38.3 Å². The van der Waals surface area contributed by atoms with Crippen molar-refractivity contribution in [1.82, 2.24) is 4.90 Å². The first kappa shape index (κ1) is 26.9. The minimum atomic E-state index is -0.812. The summed E-state index contributed by atoms with van der Waals surface area (Å²) in [5.74, 6) is -1.16. The van der Waals surface area contributed by atoms with E-state index < -0.39 is 23.7 Å². The van der Waals surface area contributed by atoms with E-state index in [1.165, 1.54) is 11.8 Å². The Labute approximate surface area is 211 Å². The number of aliphatic hydroxyl groups excluding tert-OH is 1. The lowest BCUT2D eigenvalue weighted by atomic mass is 9.84. The van der Waals surface area contributed by atoms with Crippen LogP contribution in [0, 0.1) is 0 Å². The third-order valence-electron chi connectivity index (χ3n) is 6.03. The number of benzene rings is 2. The summed E-state index contributed by atoms with van der Waals surface area (Å²) in [5, 5.41) is 11.4. The highest BCUT2D eigenvalue weighted by Gasteiger charge is 2.45. The second-order valence-corrected chi connectivity index (χ2v) is 9.67. The lowest BCUT2D eigenvalue weighted by molar-refractivity contribution is -0.140. The van der Waals surface area contributed by atoms with Gasteiger partial charge in [-0.2, -0.15) is 0 Å². The predicted octanol–water partition coefficient (Wildman–Crippen LogP) is 4.38. The molecule has 1 amide bonds. The second-order valence-electron chi connectivity index (χ2n) is 9.67. The van der Waals surface area contributed by atoms with E-state index in [0.29, 0.717) is 35.7 Å². The number of nitrogens with zero attached hydrogens (tertiary/aromatic N) is 1. The van der Waals surface area contributed by atoms with E-state index in [0.717, 1.165) is 5.56 Å². The summed E-state index contributed by atoms with van der Waals surface area (Å²) < 4.78 is 15.7. The Bertz CT molecular complexity index is 1180. The Hall–Kier alpha value is -3.65. The van der Waals surface area contributed by atoms with Crippen LogP contribution in [0.5, 0.6) is 11.5 Å². The zero-order valence-electron chi connectivity index (χ0n) is 21.6. The van der Waals surface area contributed by atoms with Gasteiger partial charge in [0.1, 0.15) is 17.3 Å². The topological polar surface area (TPSA) is 102 Å². The molecule has 1 fully saturated rings. The number of likely N-dealkylation sites (tertiary alicyclic amines) is 1. The molecule has 8 heteroatoms. The molecule has 0 aromatic heterocycles. The molecule has 1 unspecified atom stereocenters. The molecule has 1 atom stereocenters. The Morgan fingerprint density at radius 1 is 1.06 bits per heavy atom. The smallest absolute Gasteiger partial charge is 0.308 e. The lowest BCUT2D eigenvalue weighted by Crippen LogP contribution is -2.31. The van der Waals surface area contributed by atoms with Gasteiger partial charge in [0.2, 0.25) is 0 Å². The second kappa shape index (κ2) is 11.0. The molecule has 0 aliphatic carbocycles. The fraction of sp³-hybridized carbons (Fsp3) is 0.393. The largest absolute Gasteiger partial charge is 0.507 e. The van der Waals surface area contributed by atoms with Crippen molar-refractivity contribution >= 4 is 23.4 Å². The van der Waals surface area contributed by atoms with Gasteiger partial charge < -0.3 is 24.2 Å². The summed E-state index contributed by atoms with van der Waals surface area (Å²) in [4.78, 5) is 39.0. The van der Waals surface area contributed by atoms with Crippen LogP contribution < -0.4 is 9.47 Å². The minimum absolute atomic E-state index is 0.00248. The number of rotatable bonds is 8. The Balaban J connectivity index is 2.15. The number of hydrogen-bond acceptors (Lipinski definition) is 7. The van der Waals surface area contributed by atoms with Crippen LogP contribution >= 0.6 is 0 Å². The zero-order chi connectivity index (χ0) is 26.6. The molecule has 1 heterocycles. The molecule has 2 aromatic carbocycles. The van der Waals surface area contributed by atoms with E-state index in [2.05, 4.69) is 0 Å². The first-order valence-corrected chi connectivity index (χ1v) is 11.7. The molecule has 1 saturated heterocycles. The van der Waals surface area contributed by atoms with E-state index in [1.54, 1.807) is 56.7 Å². The van der Waals surface area contributed by atoms with Crippen molar-refractivity contribution in [1.29, 1.82) is 0 Å². The van der Waals surface area contributed by atoms with E-state index in [4.69, 9.17) is 14.2 Å². The zero-order valence-corrected chi connectivity index (χ0v) is 21.6. The average molecular weight is 496 g/mol. The number of ether oxygens (including phenoxy) is 3. The van der Waals surface area contributed by atoms with Crippen LogP contribution in [0.25, 0.3) is 5.76 Å². The van der Waals surface area contributed by atoms with Crippen molar-refractivity contribution in [3.63, 3.8) is 0 Å². The molecule has 0 bridgehead atoms. The molecule has 0 radical (unpaired) electrons. The first-order chi connectivity index (χ1) is 17.0. The summed E-state index contributed by atoms with van der Waals surface area (Å²) in [5.41, 5.74) is 1.58. The van der Waals surface area contributed by atoms with Crippen molar-refractivity contribution in [2.45, 2.75) is 45.6 Å². The van der Waals surface area contributed by atoms with E-state index >= 15 is 0 Å². The van der Waals surface area contributed by atoms with Gasteiger partial charge >= 0.3 is 5.97 Å². The third kappa shape index (κ3) is 5.60. The monoisotopic (exact) mass is 495 g/mol. The van der Waals surface area contributed by atoms with Gasteiger partial charge in [-0.1, -0.05) is 32.9 Å². The summed E-state index contributed by atoms with van der Waals surface area (Å²) in [6.07, 6.45) is 0.516. The van der Waals surface area contributed by atoms with Crippen molar-refractivity contribution in [3.05, 3.63) is 64.7 Å². The molecule has 3 rings (SSSR count). The Morgan fingerprint density at radius 2 is 1.72 bits per heavy atom. The quantitative estimate of drug-likeness (QED) is 0.145. The molecule has 1 aliphatic rings. The average Bonchev–Trinajstić information content (AvgIpc) is 3.08. The molecule has 2 aromatic rings. The van der Waals surface area contributed by atoms with Gasteiger partial charge in [-0.25, -0.2) is 0 Å². The number of ketones is 1. The molecule has 0 saturated carbocycles. The highest BCUT2D eigenvalue weighted by molar-refractivity contribution is 6.46. The van der Waals surface area contributed by atoms with Crippen molar-refractivity contribution in [2.24, 2.45) is 0 Å². The number of aliphatic hydroxyl groups is 1. The predicted molar refractivity (Wildman–Crippen MR) is 135 cm³/mol. The molecule has 8 nitrogen and oxygen atoms in total.